The van der Waals surface area contributed by atoms with E-state index in [1.165, 1.54) is 30.0 Å². The van der Waals surface area contributed by atoms with E-state index < -0.39 is 11.7 Å². The number of halogens is 1. The number of thioether (sulfide) groups is 1. The number of esters is 1. The van der Waals surface area contributed by atoms with Gasteiger partial charge in [0.2, 0.25) is 0 Å². The topological polar surface area (TPSA) is 55.4 Å². The van der Waals surface area contributed by atoms with Crippen LogP contribution >= 0.6 is 11.8 Å². The number of hydrogen-bond donors (Lipinski definition) is 1. The smallest absolute Gasteiger partial charge is 0.336 e. The number of benzene rings is 1. The van der Waals surface area contributed by atoms with Crippen LogP contribution in [0.3, 0.4) is 0 Å². The van der Waals surface area contributed by atoms with Crippen LogP contribution in [0.15, 0.2) is 34.9 Å². The number of amides is 1. The van der Waals surface area contributed by atoms with E-state index in [1.807, 2.05) is 0 Å². The van der Waals surface area contributed by atoms with Gasteiger partial charge in [0, 0.05) is 11.2 Å². The predicted octanol–water partition coefficient (Wildman–Crippen LogP) is 3.25. The molecule has 2 unspecified atom stereocenters. The molecular weight excluding hydrogens is 317 g/mol. The van der Waals surface area contributed by atoms with Gasteiger partial charge in [-0.1, -0.05) is 18.6 Å². The molecule has 1 N–H and O–H groups in total. The largest absolute Gasteiger partial charge is 0.463 e. The number of carbonyl (C=O) groups excluding carboxylic acids is 2. The zero-order valence-corrected chi connectivity index (χ0v) is 13.6. The molecule has 0 aromatic heterocycles. The SMILES string of the molecule is CCOC(=O)C1=C(NC(=O)c2ccccc2F)SC2CCCC12. The van der Waals surface area contributed by atoms with Gasteiger partial charge < -0.3 is 10.1 Å². The Morgan fingerprint density at radius 3 is 2.87 bits per heavy atom. The highest BCUT2D eigenvalue weighted by molar-refractivity contribution is 8.04. The van der Waals surface area contributed by atoms with Crippen LogP contribution in [0.2, 0.25) is 0 Å². The van der Waals surface area contributed by atoms with Crippen molar-refractivity contribution in [1.29, 1.82) is 0 Å². The third-order valence-electron chi connectivity index (χ3n) is 4.18. The van der Waals surface area contributed by atoms with Crippen molar-refractivity contribution >= 4 is 23.6 Å². The normalized spacial score (nSPS) is 22.9. The van der Waals surface area contributed by atoms with Crippen LogP contribution in [0.4, 0.5) is 4.39 Å². The minimum Gasteiger partial charge on any atom is -0.463 e. The summed E-state index contributed by atoms with van der Waals surface area (Å²) in [5, 5.41) is 3.53. The van der Waals surface area contributed by atoms with Gasteiger partial charge in [-0.25, -0.2) is 9.18 Å². The quantitative estimate of drug-likeness (QED) is 0.858. The van der Waals surface area contributed by atoms with Gasteiger partial charge in [0.05, 0.1) is 22.8 Å². The maximum absolute atomic E-state index is 13.7. The molecule has 23 heavy (non-hydrogen) atoms. The van der Waals surface area contributed by atoms with Gasteiger partial charge >= 0.3 is 5.97 Å². The Bertz CT molecular complexity index is 674. The van der Waals surface area contributed by atoms with Crippen LogP contribution in [0, 0.1) is 11.7 Å². The molecule has 0 radical (unpaired) electrons. The van der Waals surface area contributed by atoms with E-state index in [0.29, 0.717) is 22.5 Å². The number of hydrogen-bond acceptors (Lipinski definition) is 4. The van der Waals surface area contributed by atoms with E-state index in [1.54, 1.807) is 13.0 Å². The molecule has 2 atom stereocenters. The van der Waals surface area contributed by atoms with Crippen LogP contribution in [0.5, 0.6) is 0 Å². The first kappa shape index (κ1) is 16.1. The minimum absolute atomic E-state index is 0.0270. The highest BCUT2D eigenvalue weighted by Crippen LogP contribution is 2.49. The van der Waals surface area contributed by atoms with Gasteiger partial charge in [0.25, 0.3) is 5.91 Å². The van der Waals surface area contributed by atoms with E-state index in [4.69, 9.17) is 4.74 Å². The summed E-state index contributed by atoms with van der Waals surface area (Å²) in [6.07, 6.45) is 3.00. The average molecular weight is 335 g/mol. The maximum Gasteiger partial charge on any atom is 0.336 e. The van der Waals surface area contributed by atoms with Gasteiger partial charge in [-0.05, 0) is 31.9 Å². The van der Waals surface area contributed by atoms with Crippen molar-refractivity contribution in [2.75, 3.05) is 6.61 Å². The summed E-state index contributed by atoms with van der Waals surface area (Å²) in [6, 6.07) is 5.81. The lowest BCUT2D eigenvalue weighted by molar-refractivity contribution is -0.139. The summed E-state index contributed by atoms with van der Waals surface area (Å²) in [7, 11) is 0. The minimum atomic E-state index is -0.577. The monoisotopic (exact) mass is 335 g/mol. The third-order valence-corrected chi connectivity index (χ3v) is 5.60. The molecule has 0 saturated heterocycles. The standard InChI is InChI=1S/C17H18FNO3S/c1-2-22-17(21)14-11-7-5-9-13(11)23-16(14)19-15(20)10-6-3-4-8-12(10)18/h3-4,6,8,11,13H,2,5,7,9H2,1H3,(H,19,20). The molecule has 3 rings (SSSR count). The molecular formula is C17H18FNO3S. The zero-order chi connectivity index (χ0) is 16.4. The molecule has 4 nitrogen and oxygen atoms in total. The van der Waals surface area contributed by atoms with E-state index in [0.717, 1.165) is 19.3 Å². The maximum atomic E-state index is 13.7. The molecule has 1 fully saturated rings. The molecule has 1 aliphatic carbocycles. The van der Waals surface area contributed by atoms with E-state index >= 15 is 0 Å². The molecule has 0 bridgehead atoms. The third kappa shape index (κ3) is 3.13. The van der Waals surface area contributed by atoms with Crippen molar-refractivity contribution in [3.63, 3.8) is 0 Å². The second-order valence-electron chi connectivity index (χ2n) is 5.59. The second kappa shape index (κ2) is 6.74. The molecule has 1 heterocycles. The lowest BCUT2D eigenvalue weighted by Crippen LogP contribution is -2.25. The van der Waals surface area contributed by atoms with Gasteiger partial charge in [-0.3, -0.25) is 4.79 Å². The Kier molecular flexibility index (Phi) is 4.71. The summed E-state index contributed by atoms with van der Waals surface area (Å²) in [5.41, 5.74) is 0.518. The predicted molar refractivity (Wildman–Crippen MR) is 86.2 cm³/mol. The van der Waals surface area contributed by atoms with Gasteiger partial charge in [0.15, 0.2) is 0 Å². The first-order valence-corrected chi connectivity index (χ1v) is 8.63. The highest BCUT2D eigenvalue weighted by Gasteiger charge is 2.43. The fourth-order valence-corrected chi connectivity index (χ4v) is 4.68. The van der Waals surface area contributed by atoms with Crippen LogP contribution in [-0.4, -0.2) is 23.7 Å². The fourth-order valence-electron chi connectivity index (χ4n) is 3.15. The van der Waals surface area contributed by atoms with Crippen molar-refractivity contribution in [2.24, 2.45) is 5.92 Å². The molecule has 2 aliphatic rings. The molecule has 0 spiro atoms. The Morgan fingerprint density at radius 2 is 2.13 bits per heavy atom. The van der Waals surface area contributed by atoms with Gasteiger partial charge in [-0.15, -0.1) is 11.8 Å². The number of nitrogens with one attached hydrogen (secondary N) is 1. The molecule has 1 aromatic rings. The Hall–Kier alpha value is -1.82. The zero-order valence-electron chi connectivity index (χ0n) is 12.8. The average Bonchev–Trinajstić information content (AvgIpc) is 3.08. The van der Waals surface area contributed by atoms with E-state index in [2.05, 4.69) is 5.32 Å². The van der Waals surface area contributed by atoms with Crippen LogP contribution in [0.25, 0.3) is 0 Å². The van der Waals surface area contributed by atoms with E-state index in [-0.39, 0.29) is 17.5 Å². The number of rotatable bonds is 4. The van der Waals surface area contributed by atoms with Crippen molar-refractivity contribution in [3.8, 4) is 0 Å². The Labute approximate surface area is 138 Å². The number of carbonyl (C=O) groups is 2. The van der Waals surface area contributed by atoms with E-state index in [9.17, 15) is 14.0 Å². The summed E-state index contributed by atoms with van der Waals surface area (Å²) >= 11 is 1.50. The number of ether oxygens (including phenoxy) is 1. The number of fused-ring (bicyclic) bond motifs is 1. The molecule has 1 saturated carbocycles. The summed E-state index contributed by atoms with van der Waals surface area (Å²) in [4.78, 5) is 24.6. The summed E-state index contributed by atoms with van der Waals surface area (Å²) < 4.78 is 18.9. The molecule has 122 valence electrons. The summed E-state index contributed by atoms with van der Waals surface area (Å²) in [5.74, 6) is -1.37. The van der Waals surface area contributed by atoms with Crippen molar-refractivity contribution in [1.82, 2.24) is 5.32 Å². The van der Waals surface area contributed by atoms with Gasteiger partial charge in [-0.2, -0.15) is 0 Å². The van der Waals surface area contributed by atoms with Crippen molar-refractivity contribution in [3.05, 3.63) is 46.2 Å². The van der Waals surface area contributed by atoms with Crippen molar-refractivity contribution < 1.29 is 18.7 Å². The van der Waals surface area contributed by atoms with Crippen LogP contribution < -0.4 is 5.32 Å². The molecule has 1 aromatic carbocycles. The molecule has 1 aliphatic heterocycles. The molecule has 6 heteroatoms. The Balaban J connectivity index is 1.86. The first-order chi connectivity index (χ1) is 11.1. The lowest BCUT2D eigenvalue weighted by Gasteiger charge is -2.12. The first-order valence-electron chi connectivity index (χ1n) is 7.75. The second-order valence-corrected chi connectivity index (χ2v) is 6.84. The highest BCUT2D eigenvalue weighted by atomic mass is 32.2. The Morgan fingerprint density at radius 1 is 1.35 bits per heavy atom. The van der Waals surface area contributed by atoms with Gasteiger partial charge in [0.1, 0.15) is 5.82 Å². The fraction of sp³-hybridized carbons (Fsp3) is 0.412. The lowest BCUT2D eigenvalue weighted by atomic mass is 9.98. The summed E-state index contributed by atoms with van der Waals surface area (Å²) in [6.45, 7) is 2.04. The molecule has 1 amide bonds. The van der Waals surface area contributed by atoms with Crippen molar-refractivity contribution in [2.45, 2.75) is 31.4 Å². The van der Waals surface area contributed by atoms with Crippen LogP contribution in [-0.2, 0) is 9.53 Å². The van der Waals surface area contributed by atoms with Crippen LogP contribution in [0.1, 0.15) is 36.5 Å².